The van der Waals surface area contributed by atoms with Gasteiger partial charge in [0.2, 0.25) is 5.91 Å². The molecule has 2 atom stereocenters. The number of thioether (sulfide) groups is 1. The molecule has 17 heavy (non-hydrogen) atoms. The van der Waals surface area contributed by atoms with E-state index in [4.69, 9.17) is 5.84 Å². The second kappa shape index (κ2) is 5.83. The van der Waals surface area contributed by atoms with E-state index in [0.717, 1.165) is 0 Å². The molecule has 2 unspecified atom stereocenters. The van der Waals surface area contributed by atoms with Crippen molar-refractivity contribution in [3.8, 4) is 0 Å². The van der Waals surface area contributed by atoms with Gasteiger partial charge in [-0.1, -0.05) is 25.6 Å². The SMILES string of the molecule is Cc1cc(=O)[nH]c(SC(C)C(C)C(=O)NN)n1. The summed E-state index contributed by atoms with van der Waals surface area (Å²) in [5, 5.41) is 0.475. The zero-order chi connectivity index (χ0) is 13.0. The molecular formula is C10H16N4O2S. The molecule has 0 spiro atoms. The summed E-state index contributed by atoms with van der Waals surface area (Å²) in [4.78, 5) is 29.4. The standard InChI is InChI=1S/C10H16N4O2S/c1-5-4-8(15)13-10(12-5)17-7(3)6(2)9(16)14-11/h4,6-7H,11H2,1-3H3,(H,14,16)(H,12,13,15). The third-order valence-electron chi connectivity index (χ3n) is 2.41. The molecular weight excluding hydrogens is 240 g/mol. The van der Waals surface area contributed by atoms with Crippen LogP contribution in [-0.4, -0.2) is 21.1 Å². The third-order valence-corrected chi connectivity index (χ3v) is 3.60. The van der Waals surface area contributed by atoms with E-state index in [0.29, 0.717) is 10.9 Å². The van der Waals surface area contributed by atoms with Crippen molar-refractivity contribution < 1.29 is 4.79 Å². The van der Waals surface area contributed by atoms with Gasteiger partial charge in [0.05, 0.1) is 0 Å². The highest BCUT2D eigenvalue weighted by atomic mass is 32.2. The molecule has 1 aromatic heterocycles. The van der Waals surface area contributed by atoms with Crippen LogP contribution in [0.3, 0.4) is 0 Å². The van der Waals surface area contributed by atoms with Gasteiger partial charge in [0, 0.05) is 22.9 Å². The van der Waals surface area contributed by atoms with Crippen LogP contribution in [-0.2, 0) is 4.79 Å². The number of aromatic amines is 1. The molecule has 4 N–H and O–H groups in total. The average Bonchev–Trinajstić information content (AvgIpc) is 2.25. The van der Waals surface area contributed by atoms with Crippen molar-refractivity contribution >= 4 is 17.7 Å². The van der Waals surface area contributed by atoms with Gasteiger partial charge in [-0.05, 0) is 6.92 Å². The van der Waals surface area contributed by atoms with Crippen LogP contribution in [0.25, 0.3) is 0 Å². The number of nitrogens with one attached hydrogen (secondary N) is 2. The Hall–Kier alpha value is -1.34. The second-order valence-electron chi connectivity index (χ2n) is 3.81. The van der Waals surface area contributed by atoms with E-state index in [-0.39, 0.29) is 22.6 Å². The lowest BCUT2D eigenvalue weighted by molar-refractivity contribution is -0.124. The summed E-state index contributed by atoms with van der Waals surface area (Å²) in [6.45, 7) is 5.40. The molecule has 0 bridgehead atoms. The van der Waals surface area contributed by atoms with Crippen molar-refractivity contribution in [1.82, 2.24) is 15.4 Å². The predicted octanol–water partition coefficient (Wildman–Crippen LogP) is 0.185. The van der Waals surface area contributed by atoms with E-state index >= 15 is 0 Å². The molecule has 0 aromatic carbocycles. The second-order valence-corrected chi connectivity index (χ2v) is 5.18. The molecule has 0 fully saturated rings. The molecule has 7 heteroatoms. The van der Waals surface area contributed by atoms with Gasteiger partial charge >= 0.3 is 0 Å². The number of hydrogen-bond donors (Lipinski definition) is 3. The topological polar surface area (TPSA) is 101 Å². The summed E-state index contributed by atoms with van der Waals surface area (Å²) in [5.74, 6) is 4.57. The summed E-state index contributed by atoms with van der Waals surface area (Å²) >= 11 is 1.34. The van der Waals surface area contributed by atoms with Crippen LogP contribution in [0.1, 0.15) is 19.5 Å². The summed E-state index contributed by atoms with van der Waals surface area (Å²) in [5.41, 5.74) is 2.57. The van der Waals surface area contributed by atoms with Crippen LogP contribution in [0, 0.1) is 12.8 Å². The fourth-order valence-corrected chi connectivity index (χ4v) is 2.27. The molecule has 6 nitrogen and oxygen atoms in total. The fraction of sp³-hybridized carbons (Fsp3) is 0.500. The van der Waals surface area contributed by atoms with Crippen LogP contribution in [0.15, 0.2) is 16.0 Å². The number of hydrogen-bond acceptors (Lipinski definition) is 5. The minimum absolute atomic E-state index is 0.0384. The highest BCUT2D eigenvalue weighted by molar-refractivity contribution is 7.99. The molecule has 1 rings (SSSR count). The first kappa shape index (κ1) is 13.7. The first-order chi connectivity index (χ1) is 7.93. The Morgan fingerprint density at radius 1 is 1.59 bits per heavy atom. The Morgan fingerprint density at radius 3 is 2.76 bits per heavy atom. The van der Waals surface area contributed by atoms with Gasteiger partial charge in [-0.25, -0.2) is 10.8 Å². The Bertz CT molecular complexity index is 460. The van der Waals surface area contributed by atoms with Crippen LogP contribution < -0.4 is 16.8 Å². The number of hydrazine groups is 1. The lowest BCUT2D eigenvalue weighted by atomic mass is 10.1. The fourth-order valence-electron chi connectivity index (χ4n) is 1.23. The van der Waals surface area contributed by atoms with E-state index in [2.05, 4.69) is 15.4 Å². The van der Waals surface area contributed by atoms with Crippen LogP contribution >= 0.6 is 11.8 Å². The van der Waals surface area contributed by atoms with E-state index in [1.807, 2.05) is 6.92 Å². The van der Waals surface area contributed by atoms with Crippen LogP contribution in [0.4, 0.5) is 0 Å². The number of rotatable bonds is 4. The number of nitrogens with two attached hydrogens (primary N) is 1. The highest BCUT2D eigenvalue weighted by Gasteiger charge is 2.21. The Kier molecular flexibility index (Phi) is 4.71. The van der Waals surface area contributed by atoms with Crippen LogP contribution in [0.2, 0.25) is 0 Å². The van der Waals surface area contributed by atoms with E-state index in [9.17, 15) is 9.59 Å². The Morgan fingerprint density at radius 2 is 2.24 bits per heavy atom. The summed E-state index contributed by atoms with van der Waals surface area (Å²) in [6, 6.07) is 1.42. The lowest BCUT2D eigenvalue weighted by Crippen LogP contribution is -2.38. The smallest absolute Gasteiger partial charge is 0.251 e. The molecule has 1 heterocycles. The van der Waals surface area contributed by atoms with Gasteiger partial charge in [-0.2, -0.15) is 0 Å². The largest absolute Gasteiger partial charge is 0.301 e. The highest BCUT2D eigenvalue weighted by Crippen LogP contribution is 2.24. The third kappa shape index (κ3) is 3.86. The van der Waals surface area contributed by atoms with Crippen molar-refractivity contribution in [2.75, 3.05) is 0 Å². The minimum atomic E-state index is -0.268. The van der Waals surface area contributed by atoms with Gasteiger partial charge < -0.3 is 4.98 Å². The maximum atomic E-state index is 11.3. The molecule has 1 aromatic rings. The molecule has 0 saturated heterocycles. The number of aryl methyl sites for hydroxylation is 1. The molecule has 94 valence electrons. The van der Waals surface area contributed by atoms with E-state index < -0.39 is 0 Å². The van der Waals surface area contributed by atoms with Crippen LogP contribution in [0.5, 0.6) is 0 Å². The number of H-pyrrole nitrogens is 1. The number of nitrogens with zero attached hydrogens (tertiary/aromatic N) is 1. The molecule has 0 saturated carbocycles. The number of carbonyl (C=O) groups is 1. The Labute approximate surface area is 103 Å². The molecule has 0 radical (unpaired) electrons. The summed E-state index contributed by atoms with van der Waals surface area (Å²) < 4.78 is 0. The van der Waals surface area contributed by atoms with Gasteiger partial charge in [0.25, 0.3) is 5.56 Å². The van der Waals surface area contributed by atoms with Crippen molar-refractivity contribution in [3.05, 3.63) is 22.1 Å². The zero-order valence-corrected chi connectivity index (χ0v) is 10.8. The maximum absolute atomic E-state index is 11.3. The number of amides is 1. The number of aromatic nitrogens is 2. The number of carbonyl (C=O) groups excluding carboxylic acids is 1. The normalized spacial score (nSPS) is 14.1. The predicted molar refractivity (Wildman–Crippen MR) is 66.4 cm³/mol. The Balaban J connectivity index is 2.77. The van der Waals surface area contributed by atoms with Crippen molar-refractivity contribution in [2.45, 2.75) is 31.2 Å². The minimum Gasteiger partial charge on any atom is -0.301 e. The zero-order valence-electron chi connectivity index (χ0n) is 9.98. The first-order valence-electron chi connectivity index (χ1n) is 5.19. The van der Waals surface area contributed by atoms with Crippen molar-refractivity contribution in [3.63, 3.8) is 0 Å². The summed E-state index contributed by atoms with van der Waals surface area (Å²) in [7, 11) is 0. The molecule has 0 aliphatic heterocycles. The molecule has 1 amide bonds. The van der Waals surface area contributed by atoms with E-state index in [1.54, 1.807) is 13.8 Å². The molecule has 0 aliphatic rings. The van der Waals surface area contributed by atoms with Gasteiger partial charge in [0.1, 0.15) is 0 Å². The van der Waals surface area contributed by atoms with Crippen molar-refractivity contribution in [1.29, 1.82) is 0 Å². The maximum Gasteiger partial charge on any atom is 0.251 e. The van der Waals surface area contributed by atoms with Gasteiger partial charge in [-0.15, -0.1) is 0 Å². The van der Waals surface area contributed by atoms with Gasteiger partial charge in [0.15, 0.2) is 5.16 Å². The molecule has 0 aliphatic carbocycles. The van der Waals surface area contributed by atoms with Gasteiger partial charge in [-0.3, -0.25) is 15.0 Å². The first-order valence-corrected chi connectivity index (χ1v) is 6.07. The average molecular weight is 256 g/mol. The monoisotopic (exact) mass is 256 g/mol. The van der Waals surface area contributed by atoms with E-state index in [1.165, 1.54) is 17.8 Å². The van der Waals surface area contributed by atoms with Crippen molar-refractivity contribution in [2.24, 2.45) is 11.8 Å². The lowest BCUT2D eigenvalue weighted by Gasteiger charge is -2.16. The summed E-state index contributed by atoms with van der Waals surface area (Å²) in [6.07, 6.45) is 0. The quantitative estimate of drug-likeness (QED) is 0.235.